The lowest BCUT2D eigenvalue weighted by atomic mass is 9.77. The number of carbonyl (C=O) groups is 10. The molecule has 4 fully saturated rings. The number of aryl methyl sites for hydroxylation is 1. The van der Waals surface area contributed by atoms with E-state index in [1.165, 1.54) is 5.56 Å². The Kier molecular flexibility index (Phi) is 31.8. The molecule has 590 valence electrons. The van der Waals surface area contributed by atoms with Gasteiger partial charge in [-0.15, -0.1) is 0 Å². The smallest absolute Gasteiger partial charge is 0.255 e. The van der Waals surface area contributed by atoms with E-state index in [4.69, 9.17) is 0 Å². The maximum absolute atomic E-state index is 15.2. The van der Waals surface area contributed by atoms with Gasteiger partial charge in [0.15, 0.2) is 17.1 Å². The highest BCUT2D eigenvalue weighted by Crippen LogP contribution is 2.42. The molecule has 4 heterocycles. The molecule has 20 heteroatoms. The number of fused-ring (bicyclic) bond motifs is 2. The van der Waals surface area contributed by atoms with Gasteiger partial charge in [-0.25, -0.2) is 0 Å². The molecule has 20 nitrogen and oxygen atoms in total. The van der Waals surface area contributed by atoms with Gasteiger partial charge in [0.05, 0.1) is 12.1 Å². The molecule has 6 aromatic rings. The molecular weight excluding hydrogens is 1410 g/mol. The first kappa shape index (κ1) is 84.1. The molecule has 4 saturated heterocycles. The Morgan fingerprint density at radius 2 is 0.955 bits per heavy atom. The predicted octanol–water partition coefficient (Wildman–Crippen LogP) is 10.0. The van der Waals surface area contributed by atoms with Crippen molar-refractivity contribution in [3.63, 3.8) is 0 Å². The van der Waals surface area contributed by atoms with Crippen molar-refractivity contribution in [3.05, 3.63) is 215 Å². The van der Waals surface area contributed by atoms with Crippen molar-refractivity contribution in [2.24, 2.45) is 17.8 Å². The van der Waals surface area contributed by atoms with Crippen LogP contribution in [0.25, 0.3) is 0 Å². The van der Waals surface area contributed by atoms with E-state index in [1.807, 2.05) is 135 Å². The zero-order chi connectivity index (χ0) is 79.2. The molecule has 10 atom stereocenters. The van der Waals surface area contributed by atoms with E-state index >= 15 is 28.8 Å². The van der Waals surface area contributed by atoms with Crippen molar-refractivity contribution in [2.75, 3.05) is 33.7 Å². The van der Waals surface area contributed by atoms with Gasteiger partial charge < -0.3 is 52.3 Å². The Bertz CT molecular complexity index is 3900. The molecule has 112 heavy (non-hydrogen) atoms. The Balaban J connectivity index is 0.704. The molecule has 7 amide bonds. The number of hydrogen-bond donors (Lipinski definition) is 8. The number of ketones is 3. The van der Waals surface area contributed by atoms with Crippen LogP contribution in [-0.4, -0.2) is 145 Å². The van der Waals surface area contributed by atoms with Gasteiger partial charge >= 0.3 is 0 Å². The third kappa shape index (κ3) is 21.4. The van der Waals surface area contributed by atoms with Crippen LogP contribution in [0.5, 0.6) is 0 Å². The molecule has 0 unspecified atom stereocenters. The minimum Gasteiger partial charge on any atom is -0.356 e. The average molecular weight is 1520 g/mol. The van der Waals surface area contributed by atoms with Crippen molar-refractivity contribution in [2.45, 2.75) is 215 Å². The molecule has 0 radical (unpaired) electrons. The maximum atomic E-state index is 15.2. The highest BCUT2D eigenvalue weighted by Gasteiger charge is 2.53. The molecule has 4 aliphatic heterocycles. The van der Waals surface area contributed by atoms with E-state index in [9.17, 15) is 19.2 Å². The monoisotopic (exact) mass is 1520 g/mol. The zero-order valence-electron chi connectivity index (χ0n) is 65.5. The van der Waals surface area contributed by atoms with E-state index in [0.29, 0.717) is 112 Å². The Hall–Kier alpha value is -10.4. The summed E-state index contributed by atoms with van der Waals surface area (Å²) in [7, 11) is 3.48. The zero-order valence-corrected chi connectivity index (χ0v) is 65.5. The van der Waals surface area contributed by atoms with Gasteiger partial charge in [0, 0.05) is 82.6 Å². The van der Waals surface area contributed by atoms with Crippen LogP contribution in [0.15, 0.2) is 182 Å². The molecule has 0 aromatic heterocycles. The first-order valence-corrected chi connectivity index (χ1v) is 40.6. The third-order valence-corrected chi connectivity index (χ3v) is 23.2. The third-order valence-electron chi connectivity index (χ3n) is 23.2. The molecule has 6 aromatic carbocycles. The normalized spacial score (nSPS) is 20.0. The second-order valence-electron chi connectivity index (χ2n) is 30.2. The summed E-state index contributed by atoms with van der Waals surface area (Å²) in [6, 6.07) is 52.5. The summed E-state index contributed by atoms with van der Waals surface area (Å²) in [6.07, 6.45) is 9.64. The van der Waals surface area contributed by atoms with Crippen molar-refractivity contribution in [3.8, 4) is 23.7 Å². The number of amides is 7. The van der Waals surface area contributed by atoms with E-state index < -0.39 is 64.9 Å². The fourth-order valence-electron chi connectivity index (χ4n) is 17.1. The van der Waals surface area contributed by atoms with E-state index in [2.05, 4.69) is 78.3 Å². The lowest BCUT2D eigenvalue weighted by molar-refractivity contribution is -0.146. The van der Waals surface area contributed by atoms with Crippen LogP contribution in [0, 0.1) is 41.4 Å². The first-order chi connectivity index (χ1) is 54.5. The summed E-state index contributed by atoms with van der Waals surface area (Å²) in [5, 5.41) is 25.3. The minimum absolute atomic E-state index is 0.0152. The lowest BCUT2D eigenvalue weighted by Crippen LogP contribution is -2.62. The Labute approximate surface area is 661 Å². The number of nitrogens with one attached hydrogen (secondary N) is 8. The van der Waals surface area contributed by atoms with Crippen LogP contribution < -0.4 is 42.5 Å². The van der Waals surface area contributed by atoms with Crippen molar-refractivity contribution in [1.29, 1.82) is 0 Å². The number of Topliss-reactive ketones (excluding diaryl/α,β-unsaturated/α-hetero) is 3. The van der Waals surface area contributed by atoms with Gasteiger partial charge in [0.1, 0.15) is 29.4 Å². The number of carbonyl (C=O) groups excluding carboxylic acids is 10. The summed E-state index contributed by atoms with van der Waals surface area (Å²) < 4.78 is 0. The van der Waals surface area contributed by atoms with Crippen LogP contribution in [0.2, 0.25) is 0 Å². The van der Waals surface area contributed by atoms with Crippen molar-refractivity contribution >= 4 is 58.7 Å². The highest BCUT2D eigenvalue weighted by molar-refractivity contribution is 6.01. The number of benzene rings is 6. The predicted molar refractivity (Wildman–Crippen MR) is 434 cm³/mol. The van der Waals surface area contributed by atoms with Gasteiger partial charge in [-0.3, -0.25) is 47.9 Å². The minimum atomic E-state index is -1.74. The highest BCUT2D eigenvalue weighted by atomic mass is 16.2. The SMILES string of the molecule is CC[C@H](NC)C(=O)C[C@@H]1C(=O)N2[C@@H](CC[C@@H]1CNCc1ccccc1)CC[C@H]2C(=O)NC(C(=O)CCCNC(=O)CCC#CC#CCCC(=O)CCCNC(=O)C(NC(=O)[C@@H]1CC[C@@H]2CC[C@H](CCCc3ccccc3)[C@H](NC(=O)[C@H](CC)NC)C(=O)N21)(c1ccccc1)c1ccccc1)(c1ccccc1)c1ccccc1. The molecule has 4 aliphatic rings. The van der Waals surface area contributed by atoms with Crippen LogP contribution >= 0.6 is 0 Å². The fourth-order valence-corrected chi connectivity index (χ4v) is 17.1. The second kappa shape index (κ2) is 42.3. The Morgan fingerprint density at radius 3 is 1.49 bits per heavy atom. The molecule has 0 bridgehead atoms. The molecule has 8 N–H and O–H groups in total. The van der Waals surface area contributed by atoms with Crippen LogP contribution in [0.1, 0.15) is 182 Å². The molecule has 0 saturated carbocycles. The fraction of sp³-hybridized carbons (Fsp3) is 0.457. The quantitative estimate of drug-likeness (QED) is 0.0132. The summed E-state index contributed by atoms with van der Waals surface area (Å²) >= 11 is 0. The summed E-state index contributed by atoms with van der Waals surface area (Å²) in [5.41, 5.74) is 1.03. The Morgan fingerprint density at radius 1 is 0.491 bits per heavy atom. The van der Waals surface area contributed by atoms with Gasteiger partial charge in [0.2, 0.25) is 35.4 Å². The number of nitrogens with zero attached hydrogens (tertiary/aromatic N) is 2. The van der Waals surface area contributed by atoms with Gasteiger partial charge in [-0.2, -0.15) is 0 Å². The number of rotatable bonds is 39. The van der Waals surface area contributed by atoms with Gasteiger partial charge in [0.25, 0.3) is 5.91 Å². The molecule has 10 rings (SSSR count). The lowest BCUT2D eigenvalue weighted by Gasteiger charge is -2.38. The van der Waals surface area contributed by atoms with E-state index in [1.54, 1.807) is 72.4 Å². The largest absolute Gasteiger partial charge is 0.356 e. The van der Waals surface area contributed by atoms with E-state index in [0.717, 1.165) is 18.4 Å². The molecule has 0 aliphatic carbocycles. The maximum Gasteiger partial charge on any atom is 0.255 e. The van der Waals surface area contributed by atoms with E-state index in [-0.39, 0.29) is 129 Å². The standard InChI is InChI=1S/C92H112N10O10/c1-5-77(93-3)81(104)62-76-68(64-95-63-66-36-19-12-20-37-66)53-55-73-56-58-79(101(73)88(76)110)86(108)99-91(69-40-21-13-22-41-69,70-42-23-14-24-43-70)82(105)50-33-60-96-83(106)51-30-10-8-7-9-29-48-75(103)49-32-61-97-90(112)92(71-44-25-15-26-45-71,72-46-27-16-28-47-72)100-87(109)80-59-57-74-54-52-67(39-31-38-65-34-17-11-18-35-65)84(89(111)102(74)80)98-85(107)78(6-2)94-4/h11-28,34-37,40-47,67-68,73-74,76-80,84,93-95H,5-6,29-33,38-39,48-64H2,1-4H3,(H,96,106)(H,97,112)(H,98,107)(H,99,108)(H,100,109)/t67-,68+,73-,74-,76-,77-,78-,79-,80-,84-/m0/s1. The molecule has 0 spiro atoms. The first-order valence-electron chi connectivity index (χ1n) is 40.6. The van der Waals surface area contributed by atoms with Crippen LogP contribution in [0.4, 0.5) is 0 Å². The van der Waals surface area contributed by atoms with Crippen molar-refractivity contribution < 1.29 is 47.9 Å². The van der Waals surface area contributed by atoms with Crippen molar-refractivity contribution in [1.82, 2.24) is 52.3 Å². The van der Waals surface area contributed by atoms with Gasteiger partial charge in [-0.05, 0) is 174 Å². The van der Waals surface area contributed by atoms with Crippen LogP contribution in [0.3, 0.4) is 0 Å². The van der Waals surface area contributed by atoms with Gasteiger partial charge in [-0.1, -0.05) is 208 Å². The van der Waals surface area contributed by atoms with Crippen LogP contribution in [-0.2, 0) is 72.0 Å². The summed E-state index contributed by atoms with van der Waals surface area (Å²) in [5.74, 6) is 7.60. The second-order valence-corrected chi connectivity index (χ2v) is 30.2. The average Bonchev–Trinajstić information content (AvgIpc) is 1.32. The molecular formula is C92H112N10O10. The number of hydrogen-bond acceptors (Lipinski definition) is 13. The summed E-state index contributed by atoms with van der Waals surface area (Å²) in [4.78, 5) is 149. The number of likely N-dealkylation sites (N-methyl/N-ethyl adjacent to an activating group) is 2. The topological polar surface area (TPSA) is 273 Å². The summed E-state index contributed by atoms with van der Waals surface area (Å²) in [6.45, 7) is 5.29.